The Labute approximate surface area is 117 Å². The lowest BCUT2D eigenvalue weighted by Gasteiger charge is -2.20. The minimum atomic E-state index is -0.0925. The Morgan fingerprint density at radius 2 is 2.25 bits per heavy atom. The van der Waals surface area contributed by atoms with Crippen LogP contribution in [0.25, 0.3) is 0 Å². The van der Waals surface area contributed by atoms with Crippen LogP contribution < -0.4 is 10.1 Å². The maximum Gasteiger partial charge on any atom is 0.260 e. The first-order chi connectivity index (χ1) is 9.61. The van der Waals surface area contributed by atoms with Gasteiger partial charge in [0.05, 0.1) is 24.4 Å². The van der Waals surface area contributed by atoms with Crippen LogP contribution in [0.3, 0.4) is 0 Å². The molecule has 0 radical (unpaired) electrons. The molecule has 1 atom stereocenters. The molecule has 5 nitrogen and oxygen atoms in total. The minimum absolute atomic E-state index is 0.0153. The van der Waals surface area contributed by atoms with Crippen molar-refractivity contribution >= 4 is 17.4 Å². The number of para-hydroxylation sites is 1. The number of ketones is 1. The maximum atomic E-state index is 12.6. The third-order valence-corrected chi connectivity index (χ3v) is 3.82. The molecule has 0 saturated heterocycles. The van der Waals surface area contributed by atoms with Crippen LogP contribution >= 0.6 is 0 Å². The summed E-state index contributed by atoms with van der Waals surface area (Å²) in [6.07, 6.45) is 2.29. The smallest absolute Gasteiger partial charge is 0.260 e. The Morgan fingerprint density at radius 3 is 2.95 bits per heavy atom. The van der Waals surface area contributed by atoms with Crippen LogP contribution in [0.4, 0.5) is 5.69 Å². The van der Waals surface area contributed by atoms with Crippen molar-refractivity contribution in [1.82, 2.24) is 4.90 Å². The fourth-order valence-electron chi connectivity index (χ4n) is 2.73. The van der Waals surface area contributed by atoms with E-state index >= 15 is 0 Å². The van der Waals surface area contributed by atoms with Crippen molar-refractivity contribution in [3.8, 4) is 5.75 Å². The summed E-state index contributed by atoms with van der Waals surface area (Å²) in [5, 5.41) is 3.27. The summed E-state index contributed by atoms with van der Waals surface area (Å²) >= 11 is 0. The predicted octanol–water partition coefficient (Wildman–Crippen LogP) is 1.81. The fraction of sp³-hybridized carbons (Fsp3) is 0.333. The summed E-state index contributed by atoms with van der Waals surface area (Å²) in [4.78, 5) is 25.8. The second kappa shape index (κ2) is 4.67. The lowest BCUT2D eigenvalue weighted by molar-refractivity contribution is -0.113. The number of hydrogen-bond acceptors (Lipinski definition) is 4. The van der Waals surface area contributed by atoms with Gasteiger partial charge in [-0.05, 0) is 25.5 Å². The quantitative estimate of drug-likeness (QED) is 0.892. The Hall–Kier alpha value is -2.30. The molecule has 1 aromatic rings. The number of carbonyl (C=O) groups excluding carboxylic acids is 2. The van der Waals surface area contributed by atoms with E-state index < -0.39 is 0 Å². The molecule has 3 rings (SSSR count). The number of carbonyl (C=O) groups is 2. The highest BCUT2D eigenvalue weighted by atomic mass is 16.5. The van der Waals surface area contributed by atoms with E-state index in [-0.39, 0.29) is 17.7 Å². The average molecular weight is 272 g/mol. The Balaban J connectivity index is 2.03. The summed E-state index contributed by atoms with van der Waals surface area (Å²) in [5.41, 5.74) is 2.01. The molecule has 0 aromatic heterocycles. The number of fused-ring (bicyclic) bond motifs is 2. The van der Waals surface area contributed by atoms with Gasteiger partial charge in [0.2, 0.25) is 0 Å². The largest absolute Gasteiger partial charge is 0.495 e. The molecule has 0 spiro atoms. The van der Waals surface area contributed by atoms with Gasteiger partial charge >= 0.3 is 0 Å². The predicted molar refractivity (Wildman–Crippen MR) is 74.8 cm³/mol. The molecule has 1 aromatic carbocycles. The van der Waals surface area contributed by atoms with Gasteiger partial charge in [-0.15, -0.1) is 0 Å². The van der Waals surface area contributed by atoms with Crippen LogP contribution in [0.15, 0.2) is 30.0 Å². The van der Waals surface area contributed by atoms with E-state index in [1.165, 1.54) is 6.92 Å². The molecule has 2 aliphatic heterocycles. The van der Waals surface area contributed by atoms with Crippen molar-refractivity contribution in [3.63, 3.8) is 0 Å². The van der Waals surface area contributed by atoms with Crippen molar-refractivity contribution in [2.24, 2.45) is 0 Å². The summed E-state index contributed by atoms with van der Waals surface area (Å²) in [6.45, 7) is 2.14. The highest BCUT2D eigenvalue weighted by Crippen LogP contribution is 2.35. The van der Waals surface area contributed by atoms with E-state index in [2.05, 4.69) is 5.32 Å². The molecule has 0 aliphatic carbocycles. The van der Waals surface area contributed by atoms with Gasteiger partial charge in [-0.1, -0.05) is 6.07 Å². The van der Waals surface area contributed by atoms with Crippen molar-refractivity contribution in [1.29, 1.82) is 0 Å². The number of rotatable bonds is 2. The third kappa shape index (κ3) is 1.86. The number of anilines is 1. The van der Waals surface area contributed by atoms with Crippen molar-refractivity contribution < 1.29 is 14.3 Å². The van der Waals surface area contributed by atoms with Crippen molar-refractivity contribution in [2.75, 3.05) is 19.0 Å². The standard InChI is InChI=1S/C15H16N2O3/c1-9(18)10-6-11-7-16-14-12(15(19)17(11)8-10)4-3-5-13(14)20-2/h3-5,8,11,16H,6-7H2,1-2H3. The fourth-order valence-corrected chi connectivity index (χ4v) is 2.73. The number of amides is 1. The van der Waals surface area contributed by atoms with Crippen LogP contribution in [-0.2, 0) is 4.79 Å². The monoisotopic (exact) mass is 272 g/mol. The van der Waals surface area contributed by atoms with Crippen LogP contribution in [0.1, 0.15) is 23.7 Å². The average Bonchev–Trinajstić information content (AvgIpc) is 2.83. The molecule has 2 heterocycles. The van der Waals surface area contributed by atoms with Gasteiger partial charge in [0.25, 0.3) is 5.91 Å². The Morgan fingerprint density at radius 1 is 1.45 bits per heavy atom. The van der Waals surface area contributed by atoms with Crippen LogP contribution in [0.2, 0.25) is 0 Å². The lowest BCUT2D eigenvalue weighted by atomic mass is 10.1. The van der Waals surface area contributed by atoms with E-state index in [0.717, 1.165) is 5.69 Å². The first-order valence-corrected chi connectivity index (χ1v) is 6.57. The molecular formula is C15H16N2O3. The zero-order chi connectivity index (χ0) is 14.3. The summed E-state index contributed by atoms with van der Waals surface area (Å²) < 4.78 is 5.30. The minimum Gasteiger partial charge on any atom is -0.495 e. The SMILES string of the molecule is COc1cccc2c1NCC1CC(C(C)=O)=CN1C2=O. The maximum absolute atomic E-state index is 12.6. The lowest BCUT2D eigenvalue weighted by Crippen LogP contribution is -2.34. The molecule has 104 valence electrons. The first kappa shape index (κ1) is 12.7. The highest BCUT2D eigenvalue weighted by molar-refractivity contribution is 6.04. The van der Waals surface area contributed by atoms with E-state index in [9.17, 15) is 9.59 Å². The summed E-state index contributed by atoms with van der Waals surface area (Å²) in [5.74, 6) is 0.592. The van der Waals surface area contributed by atoms with Crippen LogP contribution in [0, 0.1) is 0 Å². The molecule has 5 heteroatoms. The first-order valence-electron chi connectivity index (χ1n) is 6.57. The highest BCUT2D eigenvalue weighted by Gasteiger charge is 2.35. The Bertz CT molecular complexity index is 622. The van der Waals surface area contributed by atoms with E-state index in [4.69, 9.17) is 4.74 Å². The summed E-state index contributed by atoms with van der Waals surface area (Å²) in [7, 11) is 1.58. The van der Waals surface area contributed by atoms with Crippen LogP contribution in [0.5, 0.6) is 5.75 Å². The Kier molecular flexibility index (Phi) is 2.97. The van der Waals surface area contributed by atoms with E-state index in [1.54, 1.807) is 30.3 Å². The molecule has 0 bridgehead atoms. The molecule has 1 amide bonds. The number of nitrogens with zero attached hydrogens (tertiary/aromatic N) is 1. The second-order valence-corrected chi connectivity index (χ2v) is 5.04. The summed E-state index contributed by atoms with van der Waals surface area (Å²) in [6, 6.07) is 5.38. The van der Waals surface area contributed by atoms with Crippen LogP contribution in [-0.4, -0.2) is 36.3 Å². The van der Waals surface area contributed by atoms with E-state index in [1.807, 2.05) is 6.07 Å². The van der Waals surface area contributed by atoms with Gasteiger partial charge in [-0.25, -0.2) is 0 Å². The normalized spacial score (nSPS) is 20.5. The molecule has 0 saturated carbocycles. The third-order valence-electron chi connectivity index (χ3n) is 3.82. The molecule has 20 heavy (non-hydrogen) atoms. The number of hydrogen-bond donors (Lipinski definition) is 1. The van der Waals surface area contributed by atoms with Gasteiger partial charge < -0.3 is 15.0 Å². The number of methoxy groups -OCH3 is 1. The van der Waals surface area contributed by atoms with Gasteiger partial charge in [-0.2, -0.15) is 0 Å². The zero-order valence-electron chi connectivity index (χ0n) is 11.5. The van der Waals surface area contributed by atoms with Gasteiger partial charge in [0.15, 0.2) is 5.78 Å². The number of benzene rings is 1. The number of Topliss-reactive ketones (excluding diaryl/α,β-unsaturated/α-hetero) is 1. The van der Waals surface area contributed by atoms with Gasteiger partial charge in [0.1, 0.15) is 5.75 Å². The number of nitrogens with one attached hydrogen (secondary N) is 1. The molecular weight excluding hydrogens is 256 g/mol. The van der Waals surface area contributed by atoms with Crippen molar-refractivity contribution in [2.45, 2.75) is 19.4 Å². The molecule has 1 unspecified atom stereocenters. The topological polar surface area (TPSA) is 58.6 Å². The van der Waals surface area contributed by atoms with Gasteiger partial charge in [-0.3, -0.25) is 9.59 Å². The zero-order valence-corrected chi connectivity index (χ0v) is 11.5. The van der Waals surface area contributed by atoms with Crippen molar-refractivity contribution in [3.05, 3.63) is 35.5 Å². The van der Waals surface area contributed by atoms with Gasteiger partial charge in [0, 0.05) is 18.3 Å². The molecule has 0 fully saturated rings. The number of ether oxygens (including phenoxy) is 1. The second-order valence-electron chi connectivity index (χ2n) is 5.04. The molecule has 2 aliphatic rings. The van der Waals surface area contributed by atoms with E-state index in [0.29, 0.717) is 29.9 Å². The molecule has 1 N–H and O–H groups in total.